The summed E-state index contributed by atoms with van der Waals surface area (Å²) in [5.74, 6) is 0.203. The molecule has 0 aliphatic heterocycles. The monoisotopic (exact) mass is 241 g/mol. The Morgan fingerprint density at radius 2 is 1.76 bits per heavy atom. The Hall–Kier alpha value is -1.06. The van der Waals surface area contributed by atoms with E-state index in [1.54, 1.807) is 7.05 Å². The Kier molecular flexibility index (Phi) is 6.01. The SMILES string of the molecule is COC(=O)CN(C)C(=O)CC1CCCCCC1. The fourth-order valence-electron chi connectivity index (χ4n) is 2.32. The van der Waals surface area contributed by atoms with Crippen molar-refractivity contribution in [1.29, 1.82) is 0 Å². The molecule has 4 heteroatoms. The Balaban J connectivity index is 2.33. The van der Waals surface area contributed by atoms with Crippen molar-refractivity contribution in [2.45, 2.75) is 44.9 Å². The van der Waals surface area contributed by atoms with Crippen LogP contribution < -0.4 is 0 Å². The Labute approximate surface area is 103 Å². The van der Waals surface area contributed by atoms with Gasteiger partial charge in [-0.1, -0.05) is 25.7 Å². The molecule has 1 aliphatic carbocycles. The standard InChI is InChI=1S/C13H23NO3/c1-14(10-13(16)17-2)12(15)9-11-7-5-3-4-6-8-11/h11H,3-10H2,1-2H3. The summed E-state index contributed by atoms with van der Waals surface area (Å²) < 4.78 is 4.55. The van der Waals surface area contributed by atoms with E-state index in [9.17, 15) is 9.59 Å². The molecule has 0 spiro atoms. The predicted octanol–water partition coefficient (Wildman–Crippen LogP) is 1.98. The van der Waals surface area contributed by atoms with Crippen LogP contribution >= 0.6 is 0 Å². The summed E-state index contributed by atoms with van der Waals surface area (Å²) in [7, 11) is 3.00. The highest BCUT2D eigenvalue weighted by Crippen LogP contribution is 2.25. The number of esters is 1. The Morgan fingerprint density at radius 3 is 2.29 bits per heavy atom. The van der Waals surface area contributed by atoms with Crippen LogP contribution in [0.1, 0.15) is 44.9 Å². The summed E-state index contributed by atoms with van der Waals surface area (Å²) in [6, 6.07) is 0. The van der Waals surface area contributed by atoms with E-state index < -0.39 is 0 Å². The molecule has 98 valence electrons. The Bertz CT molecular complexity index is 257. The second kappa shape index (κ2) is 7.30. The van der Waals surface area contributed by atoms with E-state index >= 15 is 0 Å². The summed E-state index contributed by atoms with van der Waals surface area (Å²) >= 11 is 0. The summed E-state index contributed by atoms with van der Waals surface area (Å²) in [6.45, 7) is 0.0576. The zero-order valence-corrected chi connectivity index (χ0v) is 10.9. The molecule has 1 rings (SSSR count). The molecule has 1 saturated carbocycles. The minimum Gasteiger partial charge on any atom is -0.468 e. The third-order valence-corrected chi connectivity index (χ3v) is 3.46. The van der Waals surface area contributed by atoms with Gasteiger partial charge >= 0.3 is 5.97 Å². The van der Waals surface area contributed by atoms with Crippen LogP contribution in [0.3, 0.4) is 0 Å². The van der Waals surface area contributed by atoms with Gasteiger partial charge < -0.3 is 9.64 Å². The summed E-state index contributed by atoms with van der Waals surface area (Å²) in [4.78, 5) is 24.4. The molecule has 0 bridgehead atoms. The molecule has 0 atom stereocenters. The van der Waals surface area contributed by atoms with Crippen molar-refractivity contribution >= 4 is 11.9 Å². The first-order valence-corrected chi connectivity index (χ1v) is 6.44. The first-order valence-electron chi connectivity index (χ1n) is 6.44. The highest BCUT2D eigenvalue weighted by Gasteiger charge is 2.19. The molecular weight excluding hydrogens is 218 g/mol. The van der Waals surface area contributed by atoms with Crippen LogP contribution in [-0.4, -0.2) is 37.5 Å². The van der Waals surface area contributed by atoms with Crippen LogP contribution in [0.15, 0.2) is 0 Å². The van der Waals surface area contributed by atoms with Crippen molar-refractivity contribution in [3.63, 3.8) is 0 Å². The van der Waals surface area contributed by atoms with E-state index in [1.807, 2.05) is 0 Å². The topological polar surface area (TPSA) is 46.6 Å². The number of hydrogen-bond donors (Lipinski definition) is 0. The molecule has 1 aliphatic rings. The normalized spacial score (nSPS) is 17.3. The second-order valence-electron chi connectivity index (χ2n) is 4.89. The third kappa shape index (κ3) is 5.20. The van der Waals surface area contributed by atoms with Gasteiger partial charge in [0.2, 0.25) is 5.91 Å². The zero-order valence-electron chi connectivity index (χ0n) is 10.9. The average Bonchev–Trinajstić information content (AvgIpc) is 2.57. The predicted molar refractivity (Wildman–Crippen MR) is 65.5 cm³/mol. The number of carbonyl (C=O) groups excluding carboxylic acids is 2. The molecule has 1 amide bonds. The lowest BCUT2D eigenvalue weighted by Gasteiger charge is -2.19. The smallest absolute Gasteiger partial charge is 0.325 e. The first-order chi connectivity index (χ1) is 8.13. The molecular formula is C13H23NO3. The van der Waals surface area contributed by atoms with Gasteiger partial charge in [-0.15, -0.1) is 0 Å². The summed E-state index contributed by atoms with van der Waals surface area (Å²) in [5, 5.41) is 0. The number of methoxy groups -OCH3 is 1. The maximum absolute atomic E-state index is 11.9. The van der Waals surface area contributed by atoms with Crippen molar-refractivity contribution in [3.8, 4) is 0 Å². The average molecular weight is 241 g/mol. The van der Waals surface area contributed by atoms with E-state index in [1.165, 1.54) is 37.7 Å². The zero-order chi connectivity index (χ0) is 12.7. The van der Waals surface area contributed by atoms with Crippen LogP contribution in [0.25, 0.3) is 0 Å². The molecule has 4 nitrogen and oxygen atoms in total. The highest BCUT2D eigenvalue weighted by molar-refractivity contribution is 5.81. The van der Waals surface area contributed by atoms with E-state index in [0.29, 0.717) is 12.3 Å². The fourth-order valence-corrected chi connectivity index (χ4v) is 2.32. The van der Waals surface area contributed by atoms with Gasteiger partial charge in [-0.05, 0) is 18.8 Å². The van der Waals surface area contributed by atoms with Crippen LogP contribution in [0.5, 0.6) is 0 Å². The number of nitrogens with zero attached hydrogens (tertiary/aromatic N) is 1. The van der Waals surface area contributed by atoms with Gasteiger partial charge in [0.25, 0.3) is 0 Å². The maximum Gasteiger partial charge on any atom is 0.325 e. The van der Waals surface area contributed by atoms with Gasteiger partial charge in [0, 0.05) is 13.5 Å². The van der Waals surface area contributed by atoms with Crippen molar-refractivity contribution < 1.29 is 14.3 Å². The van der Waals surface area contributed by atoms with Gasteiger partial charge in [0.05, 0.1) is 7.11 Å². The van der Waals surface area contributed by atoms with E-state index in [4.69, 9.17) is 0 Å². The van der Waals surface area contributed by atoms with E-state index in [2.05, 4.69) is 4.74 Å². The number of carbonyl (C=O) groups is 2. The fraction of sp³-hybridized carbons (Fsp3) is 0.846. The summed E-state index contributed by atoms with van der Waals surface area (Å²) in [6.07, 6.45) is 7.94. The highest BCUT2D eigenvalue weighted by atomic mass is 16.5. The number of hydrogen-bond acceptors (Lipinski definition) is 3. The quantitative estimate of drug-likeness (QED) is 0.558. The minimum absolute atomic E-state index is 0.0576. The van der Waals surface area contributed by atoms with Gasteiger partial charge in [-0.2, -0.15) is 0 Å². The van der Waals surface area contributed by atoms with Crippen molar-refractivity contribution in [2.75, 3.05) is 20.7 Å². The maximum atomic E-state index is 11.9. The van der Waals surface area contributed by atoms with Crippen LogP contribution in [0.2, 0.25) is 0 Å². The lowest BCUT2D eigenvalue weighted by Crippen LogP contribution is -2.33. The van der Waals surface area contributed by atoms with Crippen molar-refractivity contribution in [3.05, 3.63) is 0 Å². The van der Waals surface area contributed by atoms with Gasteiger partial charge in [0.1, 0.15) is 6.54 Å². The molecule has 0 heterocycles. The third-order valence-electron chi connectivity index (χ3n) is 3.46. The van der Waals surface area contributed by atoms with Crippen LogP contribution in [0.4, 0.5) is 0 Å². The lowest BCUT2D eigenvalue weighted by molar-refractivity contribution is -0.146. The van der Waals surface area contributed by atoms with Gasteiger partial charge in [0.15, 0.2) is 0 Å². The molecule has 0 radical (unpaired) electrons. The molecule has 0 aromatic rings. The number of amides is 1. The molecule has 0 aromatic heterocycles. The van der Waals surface area contributed by atoms with E-state index in [-0.39, 0.29) is 18.4 Å². The Morgan fingerprint density at radius 1 is 1.18 bits per heavy atom. The van der Waals surface area contributed by atoms with Crippen molar-refractivity contribution in [2.24, 2.45) is 5.92 Å². The molecule has 0 saturated heterocycles. The van der Waals surface area contributed by atoms with Crippen LogP contribution in [0, 0.1) is 5.92 Å². The minimum atomic E-state index is -0.360. The number of rotatable bonds is 4. The molecule has 0 unspecified atom stereocenters. The van der Waals surface area contributed by atoms with Crippen LogP contribution in [-0.2, 0) is 14.3 Å². The second-order valence-corrected chi connectivity index (χ2v) is 4.89. The molecule has 1 fully saturated rings. The van der Waals surface area contributed by atoms with Gasteiger partial charge in [-0.3, -0.25) is 9.59 Å². The van der Waals surface area contributed by atoms with E-state index in [0.717, 1.165) is 12.8 Å². The molecule has 0 aromatic carbocycles. The van der Waals surface area contributed by atoms with Crippen molar-refractivity contribution in [1.82, 2.24) is 4.90 Å². The number of likely N-dealkylation sites (N-methyl/N-ethyl adjacent to an activating group) is 1. The summed E-state index contributed by atoms with van der Waals surface area (Å²) in [5.41, 5.74) is 0. The van der Waals surface area contributed by atoms with Gasteiger partial charge in [-0.25, -0.2) is 0 Å². The molecule has 0 N–H and O–H groups in total. The largest absolute Gasteiger partial charge is 0.468 e. The first kappa shape index (κ1) is 14.0. The number of ether oxygens (including phenoxy) is 1. The molecule has 17 heavy (non-hydrogen) atoms. The lowest BCUT2D eigenvalue weighted by atomic mass is 9.96.